The number of nitrogens with zero attached hydrogens (tertiary/aromatic N) is 1. The summed E-state index contributed by atoms with van der Waals surface area (Å²) in [6.45, 7) is 1.69. The first-order valence-electron chi connectivity index (χ1n) is 3.83. The molecule has 0 unspecified atom stereocenters. The zero-order valence-corrected chi connectivity index (χ0v) is 8.55. The van der Waals surface area contributed by atoms with E-state index in [1.165, 1.54) is 0 Å². The summed E-state index contributed by atoms with van der Waals surface area (Å²) in [4.78, 5) is 18.1. The van der Waals surface area contributed by atoms with Crippen LogP contribution in [-0.4, -0.2) is 9.97 Å². The molecule has 0 spiro atoms. The Kier molecular flexibility index (Phi) is 1.92. The molecule has 1 aromatic heterocycles. The average Bonchev–Trinajstić information content (AvgIpc) is 2.08. The number of benzene rings is 1. The first kappa shape index (κ1) is 8.44. The zero-order valence-electron chi connectivity index (χ0n) is 6.97. The second kappa shape index (κ2) is 2.96. The van der Waals surface area contributed by atoms with Gasteiger partial charge in [-0.15, -0.1) is 0 Å². The van der Waals surface area contributed by atoms with Crippen LogP contribution >= 0.6 is 15.9 Å². The van der Waals surface area contributed by atoms with Crippen molar-refractivity contribution in [3.05, 3.63) is 38.7 Å². The van der Waals surface area contributed by atoms with Crippen LogP contribution in [-0.2, 0) is 0 Å². The van der Waals surface area contributed by atoms with Gasteiger partial charge in [0.2, 0.25) is 0 Å². The number of hydrogen-bond donors (Lipinski definition) is 1. The Balaban J connectivity index is 2.89. The second-order valence-corrected chi connectivity index (χ2v) is 3.73. The molecule has 0 bridgehead atoms. The third-order valence-electron chi connectivity index (χ3n) is 1.82. The molecule has 0 fully saturated rings. The molecule has 66 valence electrons. The summed E-state index contributed by atoms with van der Waals surface area (Å²) in [5.41, 5.74) is 1.92. The fraction of sp³-hybridized carbons (Fsp3) is 0.111. The molecule has 2 rings (SSSR count). The van der Waals surface area contributed by atoms with Crippen LogP contribution in [0.4, 0.5) is 0 Å². The number of fused-ring (bicyclic) bond motifs is 1. The van der Waals surface area contributed by atoms with Crippen molar-refractivity contribution in [1.82, 2.24) is 9.97 Å². The predicted molar refractivity (Wildman–Crippen MR) is 54.8 cm³/mol. The largest absolute Gasteiger partial charge is 0.319 e. The predicted octanol–water partition coefficient (Wildman–Crippen LogP) is 1.99. The minimum Gasteiger partial charge on any atom is -0.319 e. The third kappa shape index (κ3) is 1.49. The van der Waals surface area contributed by atoms with Gasteiger partial charge in [-0.05, 0) is 25.1 Å². The Bertz CT molecular complexity index is 518. The molecule has 0 radical (unpaired) electrons. The van der Waals surface area contributed by atoms with Gasteiger partial charge in [-0.25, -0.2) is 4.98 Å². The molecule has 0 aliphatic heterocycles. The van der Waals surface area contributed by atoms with Gasteiger partial charge in [-0.2, -0.15) is 0 Å². The molecule has 0 saturated heterocycles. The lowest BCUT2D eigenvalue weighted by Crippen LogP contribution is -2.11. The molecule has 0 atom stereocenters. The highest BCUT2D eigenvalue weighted by atomic mass is 79.9. The fourth-order valence-electron chi connectivity index (χ4n) is 1.15. The van der Waals surface area contributed by atoms with E-state index in [-0.39, 0.29) is 5.56 Å². The molecule has 1 N–H and O–H groups in total. The van der Waals surface area contributed by atoms with Crippen molar-refractivity contribution in [2.75, 3.05) is 0 Å². The first-order chi connectivity index (χ1) is 6.16. The van der Waals surface area contributed by atoms with Crippen LogP contribution in [0.25, 0.3) is 11.0 Å². The third-order valence-corrected chi connectivity index (χ3v) is 2.32. The summed E-state index contributed by atoms with van der Waals surface area (Å²) < 4.78 is 0.957. The number of hydrogen-bond acceptors (Lipinski definition) is 2. The molecular formula is C9H7BrN2O. The Labute approximate surface area is 82.9 Å². The number of aryl methyl sites for hydroxylation is 1. The van der Waals surface area contributed by atoms with Crippen molar-refractivity contribution < 1.29 is 0 Å². The summed E-state index contributed by atoms with van der Waals surface area (Å²) in [6, 6.07) is 5.57. The highest BCUT2D eigenvalue weighted by Gasteiger charge is 1.99. The maximum absolute atomic E-state index is 11.2. The Morgan fingerprint density at radius 2 is 2.23 bits per heavy atom. The summed E-state index contributed by atoms with van der Waals surface area (Å²) >= 11 is 3.34. The normalized spacial score (nSPS) is 10.6. The average molecular weight is 239 g/mol. The molecule has 2 aromatic rings. The van der Waals surface area contributed by atoms with Crippen LogP contribution < -0.4 is 5.56 Å². The van der Waals surface area contributed by atoms with Crippen molar-refractivity contribution in [3.8, 4) is 0 Å². The highest BCUT2D eigenvalue weighted by molar-refractivity contribution is 9.10. The molecule has 1 aromatic carbocycles. The SMILES string of the molecule is Cc1nc2cc(Br)ccc2[nH]c1=O. The number of nitrogens with one attached hydrogen (secondary N) is 1. The van der Waals surface area contributed by atoms with Gasteiger partial charge in [-0.3, -0.25) is 4.79 Å². The van der Waals surface area contributed by atoms with Gasteiger partial charge in [0.05, 0.1) is 11.0 Å². The minimum absolute atomic E-state index is 0.130. The van der Waals surface area contributed by atoms with E-state index in [0.717, 1.165) is 15.5 Å². The van der Waals surface area contributed by atoms with Crippen molar-refractivity contribution in [1.29, 1.82) is 0 Å². The van der Waals surface area contributed by atoms with Gasteiger partial charge in [0.25, 0.3) is 5.56 Å². The van der Waals surface area contributed by atoms with E-state index >= 15 is 0 Å². The topological polar surface area (TPSA) is 45.8 Å². The van der Waals surface area contributed by atoms with Gasteiger partial charge in [0, 0.05) is 4.47 Å². The van der Waals surface area contributed by atoms with E-state index in [1.807, 2.05) is 18.2 Å². The molecule has 13 heavy (non-hydrogen) atoms. The summed E-state index contributed by atoms with van der Waals surface area (Å²) in [6.07, 6.45) is 0. The molecular weight excluding hydrogens is 232 g/mol. The number of aromatic amines is 1. The molecule has 0 aliphatic carbocycles. The van der Waals surface area contributed by atoms with Crippen molar-refractivity contribution in [2.24, 2.45) is 0 Å². The Morgan fingerprint density at radius 3 is 3.00 bits per heavy atom. The van der Waals surface area contributed by atoms with E-state index in [2.05, 4.69) is 25.9 Å². The second-order valence-electron chi connectivity index (χ2n) is 2.81. The summed E-state index contributed by atoms with van der Waals surface area (Å²) in [5, 5.41) is 0. The standard InChI is InChI=1S/C9H7BrN2O/c1-5-9(13)12-7-3-2-6(10)4-8(7)11-5/h2-4H,1H3,(H,12,13). The summed E-state index contributed by atoms with van der Waals surface area (Å²) in [7, 11) is 0. The fourth-order valence-corrected chi connectivity index (χ4v) is 1.50. The van der Waals surface area contributed by atoms with Crippen LogP contribution in [0.15, 0.2) is 27.5 Å². The van der Waals surface area contributed by atoms with E-state index in [4.69, 9.17) is 0 Å². The Morgan fingerprint density at radius 1 is 1.46 bits per heavy atom. The number of halogens is 1. The van der Waals surface area contributed by atoms with Crippen LogP contribution in [0.1, 0.15) is 5.69 Å². The Hall–Kier alpha value is -1.16. The number of aromatic nitrogens is 2. The zero-order chi connectivity index (χ0) is 9.42. The van der Waals surface area contributed by atoms with E-state index in [1.54, 1.807) is 6.92 Å². The maximum Gasteiger partial charge on any atom is 0.269 e. The van der Waals surface area contributed by atoms with Crippen LogP contribution in [0.2, 0.25) is 0 Å². The van der Waals surface area contributed by atoms with Crippen molar-refractivity contribution in [3.63, 3.8) is 0 Å². The van der Waals surface area contributed by atoms with E-state index in [9.17, 15) is 4.79 Å². The number of H-pyrrole nitrogens is 1. The monoisotopic (exact) mass is 238 g/mol. The lowest BCUT2D eigenvalue weighted by atomic mass is 10.3. The van der Waals surface area contributed by atoms with Gasteiger partial charge in [0.1, 0.15) is 5.69 Å². The van der Waals surface area contributed by atoms with E-state index < -0.39 is 0 Å². The molecule has 0 saturated carbocycles. The van der Waals surface area contributed by atoms with E-state index in [0.29, 0.717) is 5.69 Å². The molecule has 0 aliphatic rings. The van der Waals surface area contributed by atoms with Crippen LogP contribution in [0.3, 0.4) is 0 Å². The molecule has 3 nitrogen and oxygen atoms in total. The quantitative estimate of drug-likeness (QED) is 0.764. The lowest BCUT2D eigenvalue weighted by Gasteiger charge is -1.98. The summed E-state index contributed by atoms with van der Waals surface area (Å²) in [5.74, 6) is 0. The molecule has 4 heteroatoms. The number of rotatable bonds is 0. The highest BCUT2D eigenvalue weighted by Crippen LogP contribution is 2.15. The first-order valence-corrected chi connectivity index (χ1v) is 4.62. The lowest BCUT2D eigenvalue weighted by molar-refractivity contribution is 1.12. The maximum atomic E-state index is 11.2. The smallest absolute Gasteiger partial charge is 0.269 e. The molecule has 0 amide bonds. The van der Waals surface area contributed by atoms with Crippen LogP contribution in [0.5, 0.6) is 0 Å². The minimum atomic E-state index is -0.130. The van der Waals surface area contributed by atoms with Crippen molar-refractivity contribution >= 4 is 27.0 Å². The van der Waals surface area contributed by atoms with Gasteiger partial charge >= 0.3 is 0 Å². The van der Waals surface area contributed by atoms with Gasteiger partial charge < -0.3 is 4.98 Å². The van der Waals surface area contributed by atoms with Gasteiger partial charge in [-0.1, -0.05) is 15.9 Å². The van der Waals surface area contributed by atoms with Crippen molar-refractivity contribution in [2.45, 2.75) is 6.92 Å². The molecule has 1 heterocycles. The van der Waals surface area contributed by atoms with Crippen LogP contribution in [0, 0.1) is 6.92 Å². The van der Waals surface area contributed by atoms with Gasteiger partial charge in [0.15, 0.2) is 0 Å².